The molecule has 2 aliphatic rings. The van der Waals surface area contributed by atoms with Gasteiger partial charge in [-0.3, -0.25) is 9.59 Å². The van der Waals surface area contributed by atoms with Crippen molar-refractivity contribution in [3.63, 3.8) is 0 Å². The summed E-state index contributed by atoms with van der Waals surface area (Å²) in [6, 6.07) is 8.92. The molecule has 0 unspecified atom stereocenters. The van der Waals surface area contributed by atoms with Gasteiger partial charge in [-0.1, -0.05) is 29.3 Å². The number of hydrogen-bond donors (Lipinski definition) is 2. The monoisotopic (exact) mass is 533 g/mol. The van der Waals surface area contributed by atoms with Crippen molar-refractivity contribution in [2.75, 3.05) is 51.8 Å². The Morgan fingerprint density at radius 2 is 1.89 bits per heavy atom. The fraction of sp³-hybridized carbons (Fsp3) is 0.481. The predicted octanol–water partition coefficient (Wildman–Crippen LogP) is 4.98. The van der Waals surface area contributed by atoms with Crippen LogP contribution in [0.15, 0.2) is 30.3 Å². The Kier molecular flexibility index (Phi) is 8.78. The van der Waals surface area contributed by atoms with E-state index in [9.17, 15) is 9.59 Å². The summed E-state index contributed by atoms with van der Waals surface area (Å²) in [6.45, 7) is 6.26. The quantitative estimate of drug-likeness (QED) is 0.442. The number of nitrogens with one attached hydrogen (secondary N) is 2. The van der Waals surface area contributed by atoms with Gasteiger partial charge in [0.25, 0.3) is 5.91 Å². The van der Waals surface area contributed by atoms with Crippen molar-refractivity contribution in [3.05, 3.63) is 57.1 Å². The molecule has 0 aromatic heterocycles. The number of carbonyl (C=O) groups excluding carboxylic acids is 2. The molecular formula is C27H33Cl2N3O4. The lowest BCUT2D eigenvalue weighted by atomic mass is 9.82. The van der Waals surface area contributed by atoms with E-state index < -0.39 is 5.60 Å². The molecule has 2 heterocycles. The molecular weight excluding hydrogens is 501 g/mol. The SMILES string of the molecule is COCCCNc1cc2c(cc1C)C(=O)CC1(CCN(CCNC(=O)c3c(Cl)cccc3Cl)CC1)O2. The Morgan fingerprint density at radius 3 is 2.58 bits per heavy atom. The molecule has 9 heteroatoms. The van der Waals surface area contributed by atoms with E-state index in [1.165, 1.54) is 0 Å². The number of anilines is 1. The predicted molar refractivity (Wildman–Crippen MR) is 143 cm³/mol. The molecule has 0 saturated carbocycles. The van der Waals surface area contributed by atoms with Crippen LogP contribution in [0.3, 0.4) is 0 Å². The number of methoxy groups -OCH3 is 1. The van der Waals surface area contributed by atoms with Gasteiger partial charge < -0.3 is 25.0 Å². The Labute approximate surface area is 222 Å². The van der Waals surface area contributed by atoms with Crippen molar-refractivity contribution in [1.82, 2.24) is 10.2 Å². The Morgan fingerprint density at radius 1 is 1.17 bits per heavy atom. The van der Waals surface area contributed by atoms with E-state index in [0.29, 0.717) is 53.0 Å². The van der Waals surface area contributed by atoms with Gasteiger partial charge in [-0.25, -0.2) is 0 Å². The van der Waals surface area contributed by atoms with Crippen LogP contribution in [-0.2, 0) is 4.74 Å². The lowest BCUT2D eigenvalue weighted by molar-refractivity contribution is -0.00862. The standard InChI is InChI=1S/C27H33Cl2N3O4/c1-18-15-19-23(33)17-27(36-24(19)16-22(18)30-9-4-14-35-2)7-11-32(12-8-27)13-10-31-26(34)25-20(28)5-3-6-21(25)29/h3,5-6,15-16,30H,4,7-14,17H2,1-2H3,(H,31,34). The molecule has 1 amide bonds. The molecule has 0 atom stereocenters. The second kappa shape index (κ2) is 11.8. The lowest BCUT2D eigenvalue weighted by Gasteiger charge is -2.44. The van der Waals surface area contributed by atoms with E-state index >= 15 is 0 Å². The zero-order chi connectivity index (χ0) is 25.7. The Bertz CT molecular complexity index is 1100. The van der Waals surface area contributed by atoms with Crippen LogP contribution in [0.1, 0.15) is 52.0 Å². The summed E-state index contributed by atoms with van der Waals surface area (Å²) >= 11 is 12.3. The van der Waals surface area contributed by atoms with Gasteiger partial charge in [0, 0.05) is 71.0 Å². The number of likely N-dealkylation sites (tertiary alicyclic amines) is 1. The fourth-order valence-corrected chi connectivity index (χ4v) is 5.44. The molecule has 0 aliphatic carbocycles. The van der Waals surface area contributed by atoms with E-state index in [1.54, 1.807) is 25.3 Å². The summed E-state index contributed by atoms with van der Waals surface area (Å²) in [6.07, 6.45) is 2.81. The third kappa shape index (κ3) is 6.14. The average molecular weight is 534 g/mol. The summed E-state index contributed by atoms with van der Waals surface area (Å²) in [5.41, 5.74) is 2.52. The van der Waals surface area contributed by atoms with Crippen molar-refractivity contribution in [1.29, 1.82) is 0 Å². The number of aryl methyl sites for hydroxylation is 1. The van der Waals surface area contributed by atoms with Crippen molar-refractivity contribution in [2.45, 2.75) is 38.2 Å². The molecule has 1 spiro atoms. The molecule has 2 N–H and O–H groups in total. The van der Waals surface area contributed by atoms with Crippen molar-refractivity contribution in [2.24, 2.45) is 0 Å². The van der Waals surface area contributed by atoms with E-state index in [0.717, 1.165) is 50.1 Å². The minimum atomic E-state index is -0.475. The third-order valence-corrected chi connectivity index (χ3v) is 7.58. The van der Waals surface area contributed by atoms with Crippen molar-refractivity contribution >= 4 is 40.6 Å². The van der Waals surface area contributed by atoms with Crippen molar-refractivity contribution < 1.29 is 19.1 Å². The first kappa shape index (κ1) is 26.7. The average Bonchev–Trinajstić information content (AvgIpc) is 2.84. The molecule has 0 bridgehead atoms. The second-order valence-electron chi connectivity index (χ2n) is 9.52. The maximum atomic E-state index is 13.0. The molecule has 4 rings (SSSR count). The highest BCUT2D eigenvalue weighted by Crippen LogP contribution is 2.41. The Balaban J connectivity index is 1.31. The van der Waals surface area contributed by atoms with Crippen LogP contribution in [0.4, 0.5) is 5.69 Å². The van der Waals surface area contributed by atoms with Gasteiger partial charge in [-0.05, 0) is 37.1 Å². The van der Waals surface area contributed by atoms with Crippen LogP contribution in [0.2, 0.25) is 10.0 Å². The number of nitrogens with zero attached hydrogens (tertiary/aromatic N) is 1. The number of ketones is 1. The molecule has 7 nitrogen and oxygen atoms in total. The molecule has 194 valence electrons. The van der Waals surface area contributed by atoms with Crippen LogP contribution < -0.4 is 15.4 Å². The van der Waals surface area contributed by atoms with E-state index in [1.807, 2.05) is 19.1 Å². The van der Waals surface area contributed by atoms with Crippen LogP contribution >= 0.6 is 23.2 Å². The molecule has 2 aliphatic heterocycles. The third-order valence-electron chi connectivity index (χ3n) is 6.95. The van der Waals surface area contributed by atoms with Gasteiger partial charge >= 0.3 is 0 Å². The van der Waals surface area contributed by atoms with Gasteiger partial charge in [0.2, 0.25) is 0 Å². The van der Waals surface area contributed by atoms with Gasteiger partial charge in [0.15, 0.2) is 5.78 Å². The summed E-state index contributed by atoms with van der Waals surface area (Å²) in [5.74, 6) is 0.532. The first-order valence-corrected chi connectivity index (χ1v) is 13.1. The van der Waals surface area contributed by atoms with Crippen molar-refractivity contribution in [3.8, 4) is 5.75 Å². The van der Waals surface area contributed by atoms with Crippen LogP contribution in [0.5, 0.6) is 5.75 Å². The number of hydrogen-bond acceptors (Lipinski definition) is 6. The van der Waals surface area contributed by atoms with Gasteiger partial charge in [-0.2, -0.15) is 0 Å². The zero-order valence-electron chi connectivity index (χ0n) is 20.8. The number of amides is 1. The lowest BCUT2D eigenvalue weighted by Crippen LogP contribution is -2.52. The van der Waals surface area contributed by atoms with Crippen LogP contribution in [0, 0.1) is 6.92 Å². The molecule has 2 aromatic carbocycles. The summed E-state index contributed by atoms with van der Waals surface area (Å²) in [4.78, 5) is 27.8. The highest BCUT2D eigenvalue weighted by molar-refractivity contribution is 6.39. The molecule has 1 fully saturated rings. The normalized spacial score (nSPS) is 16.9. The number of rotatable bonds is 9. The summed E-state index contributed by atoms with van der Waals surface area (Å²) in [7, 11) is 1.70. The Hall–Kier alpha value is -2.32. The topological polar surface area (TPSA) is 79.9 Å². The number of halogens is 2. The number of fused-ring (bicyclic) bond motifs is 1. The second-order valence-corrected chi connectivity index (χ2v) is 10.3. The summed E-state index contributed by atoms with van der Waals surface area (Å²) in [5, 5.41) is 7.01. The van der Waals surface area contributed by atoms with Gasteiger partial charge in [0.05, 0.1) is 27.6 Å². The first-order chi connectivity index (χ1) is 17.3. The zero-order valence-corrected chi connectivity index (χ0v) is 22.3. The molecule has 0 radical (unpaired) electrons. The number of Topliss-reactive ketones (excluding diaryl/α,β-unsaturated/α-hetero) is 1. The van der Waals surface area contributed by atoms with E-state index in [4.69, 9.17) is 32.7 Å². The van der Waals surface area contributed by atoms with Crippen LogP contribution in [0.25, 0.3) is 0 Å². The summed E-state index contributed by atoms with van der Waals surface area (Å²) < 4.78 is 11.6. The minimum absolute atomic E-state index is 0.141. The number of ether oxygens (including phenoxy) is 2. The maximum absolute atomic E-state index is 13.0. The van der Waals surface area contributed by atoms with Crippen LogP contribution in [-0.4, -0.2) is 68.6 Å². The fourth-order valence-electron chi connectivity index (χ4n) is 4.87. The van der Waals surface area contributed by atoms with Gasteiger partial charge in [-0.15, -0.1) is 0 Å². The molecule has 2 aromatic rings. The largest absolute Gasteiger partial charge is 0.486 e. The van der Waals surface area contributed by atoms with Gasteiger partial charge in [0.1, 0.15) is 11.4 Å². The van der Waals surface area contributed by atoms with E-state index in [2.05, 4.69) is 15.5 Å². The number of piperidine rings is 1. The smallest absolute Gasteiger partial charge is 0.254 e. The number of carbonyl (C=O) groups is 2. The maximum Gasteiger partial charge on any atom is 0.254 e. The number of benzene rings is 2. The highest BCUT2D eigenvalue weighted by atomic mass is 35.5. The molecule has 1 saturated heterocycles. The van der Waals surface area contributed by atoms with E-state index in [-0.39, 0.29) is 11.7 Å². The molecule has 36 heavy (non-hydrogen) atoms. The first-order valence-electron chi connectivity index (χ1n) is 12.4. The highest BCUT2D eigenvalue weighted by Gasteiger charge is 2.43. The minimum Gasteiger partial charge on any atom is -0.486 e.